The van der Waals surface area contributed by atoms with Gasteiger partial charge in [0.1, 0.15) is 11.6 Å². The van der Waals surface area contributed by atoms with Crippen LogP contribution in [0.4, 0.5) is 4.39 Å². The van der Waals surface area contributed by atoms with Gasteiger partial charge < -0.3 is 9.88 Å². The lowest BCUT2D eigenvalue weighted by Gasteiger charge is -2.15. The molecule has 0 saturated heterocycles. The highest BCUT2D eigenvalue weighted by Crippen LogP contribution is 2.17. The van der Waals surface area contributed by atoms with E-state index < -0.39 is 0 Å². The third-order valence-electron chi connectivity index (χ3n) is 2.77. The lowest BCUT2D eigenvalue weighted by molar-refractivity contribution is 0.503. The van der Waals surface area contributed by atoms with Crippen molar-refractivity contribution in [1.82, 2.24) is 19.9 Å². The molecule has 2 aromatic rings. The Morgan fingerprint density at radius 3 is 2.82 bits per heavy atom. The SMILES string of the molecule is CNC(Cc1nccn1C)c1ncccc1F. The van der Waals surface area contributed by atoms with E-state index in [0.717, 1.165) is 5.82 Å². The minimum Gasteiger partial charge on any atom is -0.338 e. The van der Waals surface area contributed by atoms with E-state index in [9.17, 15) is 4.39 Å². The number of rotatable bonds is 4. The average molecular weight is 234 g/mol. The number of nitrogens with one attached hydrogen (secondary N) is 1. The van der Waals surface area contributed by atoms with Gasteiger partial charge in [-0.3, -0.25) is 4.98 Å². The first-order valence-corrected chi connectivity index (χ1v) is 5.46. The number of hydrogen-bond acceptors (Lipinski definition) is 3. The van der Waals surface area contributed by atoms with Crippen LogP contribution >= 0.6 is 0 Å². The van der Waals surface area contributed by atoms with Gasteiger partial charge in [-0.05, 0) is 19.2 Å². The normalized spacial score (nSPS) is 12.6. The van der Waals surface area contributed by atoms with Crippen molar-refractivity contribution in [3.63, 3.8) is 0 Å². The highest BCUT2D eigenvalue weighted by molar-refractivity contribution is 5.13. The lowest BCUT2D eigenvalue weighted by Crippen LogP contribution is -2.22. The second kappa shape index (κ2) is 5.05. The summed E-state index contributed by atoms with van der Waals surface area (Å²) >= 11 is 0. The second-order valence-electron chi connectivity index (χ2n) is 3.87. The molecule has 0 bridgehead atoms. The van der Waals surface area contributed by atoms with Crippen molar-refractivity contribution >= 4 is 0 Å². The van der Waals surface area contributed by atoms with Gasteiger partial charge >= 0.3 is 0 Å². The van der Waals surface area contributed by atoms with Crippen LogP contribution < -0.4 is 5.32 Å². The number of aryl methyl sites for hydroxylation is 1. The third-order valence-corrected chi connectivity index (χ3v) is 2.77. The molecule has 1 unspecified atom stereocenters. The Morgan fingerprint density at radius 1 is 1.41 bits per heavy atom. The molecule has 17 heavy (non-hydrogen) atoms. The molecular formula is C12H15FN4. The molecule has 90 valence electrons. The van der Waals surface area contributed by atoms with Gasteiger partial charge in [-0.25, -0.2) is 9.37 Å². The van der Waals surface area contributed by atoms with E-state index in [1.54, 1.807) is 25.5 Å². The summed E-state index contributed by atoms with van der Waals surface area (Å²) in [5.41, 5.74) is 0.429. The van der Waals surface area contributed by atoms with Crippen LogP contribution in [-0.2, 0) is 13.5 Å². The van der Waals surface area contributed by atoms with Crippen LogP contribution in [0.5, 0.6) is 0 Å². The van der Waals surface area contributed by atoms with Gasteiger partial charge in [0.25, 0.3) is 0 Å². The first-order chi connectivity index (χ1) is 8.22. The van der Waals surface area contributed by atoms with Gasteiger partial charge in [0.15, 0.2) is 0 Å². The van der Waals surface area contributed by atoms with E-state index in [4.69, 9.17) is 0 Å². The number of nitrogens with zero attached hydrogens (tertiary/aromatic N) is 3. The standard InChI is InChI=1S/C12H15FN4/c1-14-10(8-11-15-6-7-17(11)2)12-9(13)4-3-5-16-12/h3-7,10,14H,8H2,1-2H3. The summed E-state index contributed by atoms with van der Waals surface area (Å²) in [6.45, 7) is 0. The molecule has 2 aromatic heterocycles. The summed E-state index contributed by atoms with van der Waals surface area (Å²) in [7, 11) is 3.71. The van der Waals surface area contributed by atoms with Gasteiger partial charge in [0.2, 0.25) is 0 Å². The zero-order chi connectivity index (χ0) is 12.3. The Labute approximate surface area is 99.5 Å². The van der Waals surface area contributed by atoms with E-state index >= 15 is 0 Å². The summed E-state index contributed by atoms with van der Waals surface area (Å²) in [5.74, 6) is 0.607. The van der Waals surface area contributed by atoms with Crippen molar-refractivity contribution in [2.24, 2.45) is 7.05 Å². The Hall–Kier alpha value is -1.75. The van der Waals surface area contributed by atoms with E-state index in [0.29, 0.717) is 12.1 Å². The number of likely N-dealkylation sites (N-methyl/N-ethyl adjacent to an activating group) is 1. The fourth-order valence-corrected chi connectivity index (χ4v) is 1.77. The molecule has 1 N–H and O–H groups in total. The van der Waals surface area contributed by atoms with Crippen molar-refractivity contribution in [1.29, 1.82) is 0 Å². The summed E-state index contributed by atoms with van der Waals surface area (Å²) in [6, 6.07) is 2.84. The van der Waals surface area contributed by atoms with Crippen LogP contribution in [-0.4, -0.2) is 21.6 Å². The van der Waals surface area contributed by atoms with Gasteiger partial charge in [-0.2, -0.15) is 0 Å². The second-order valence-corrected chi connectivity index (χ2v) is 3.87. The van der Waals surface area contributed by atoms with Crippen molar-refractivity contribution in [2.75, 3.05) is 7.05 Å². The van der Waals surface area contributed by atoms with Crippen molar-refractivity contribution in [3.05, 3.63) is 48.1 Å². The maximum absolute atomic E-state index is 13.6. The maximum atomic E-state index is 13.6. The minimum atomic E-state index is -0.291. The summed E-state index contributed by atoms with van der Waals surface area (Å²) in [6.07, 6.45) is 5.81. The van der Waals surface area contributed by atoms with Crippen LogP contribution in [0.1, 0.15) is 17.6 Å². The van der Waals surface area contributed by atoms with E-state index in [1.807, 2.05) is 17.8 Å². The fourth-order valence-electron chi connectivity index (χ4n) is 1.77. The molecule has 1 atom stereocenters. The molecule has 2 heterocycles. The van der Waals surface area contributed by atoms with Crippen LogP contribution in [0.25, 0.3) is 0 Å². The smallest absolute Gasteiger partial charge is 0.146 e. The van der Waals surface area contributed by atoms with Gasteiger partial charge in [-0.15, -0.1) is 0 Å². The number of halogens is 1. The van der Waals surface area contributed by atoms with Crippen LogP contribution in [0, 0.1) is 5.82 Å². The topological polar surface area (TPSA) is 42.7 Å². The summed E-state index contributed by atoms with van der Waals surface area (Å²) in [5, 5.41) is 3.07. The van der Waals surface area contributed by atoms with E-state index in [1.165, 1.54) is 6.07 Å². The number of hydrogen-bond donors (Lipinski definition) is 1. The molecule has 0 aromatic carbocycles. The molecule has 0 spiro atoms. The highest BCUT2D eigenvalue weighted by atomic mass is 19.1. The van der Waals surface area contributed by atoms with Crippen molar-refractivity contribution < 1.29 is 4.39 Å². The third kappa shape index (κ3) is 2.50. The first-order valence-electron chi connectivity index (χ1n) is 5.46. The molecule has 4 nitrogen and oxygen atoms in total. The average Bonchev–Trinajstić information content (AvgIpc) is 2.73. The van der Waals surface area contributed by atoms with Gasteiger partial charge in [0, 0.05) is 32.1 Å². The van der Waals surface area contributed by atoms with Gasteiger partial charge in [-0.1, -0.05) is 0 Å². The first kappa shape index (κ1) is 11.7. The molecule has 0 radical (unpaired) electrons. The Morgan fingerprint density at radius 2 is 2.24 bits per heavy atom. The molecule has 0 fully saturated rings. The Kier molecular flexibility index (Phi) is 3.49. The maximum Gasteiger partial charge on any atom is 0.146 e. The minimum absolute atomic E-state index is 0.169. The monoisotopic (exact) mass is 234 g/mol. The van der Waals surface area contributed by atoms with Crippen molar-refractivity contribution in [2.45, 2.75) is 12.5 Å². The van der Waals surface area contributed by atoms with E-state index in [-0.39, 0.29) is 11.9 Å². The molecule has 5 heteroatoms. The largest absolute Gasteiger partial charge is 0.338 e. The molecule has 0 saturated carbocycles. The Bertz CT molecular complexity index is 495. The van der Waals surface area contributed by atoms with E-state index in [2.05, 4.69) is 15.3 Å². The van der Waals surface area contributed by atoms with Crippen LogP contribution in [0.15, 0.2) is 30.7 Å². The predicted molar refractivity (Wildman–Crippen MR) is 62.9 cm³/mol. The molecule has 0 amide bonds. The highest BCUT2D eigenvalue weighted by Gasteiger charge is 2.17. The van der Waals surface area contributed by atoms with Crippen LogP contribution in [0.3, 0.4) is 0 Å². The quantitative estimate of drug-likeness (QED) is 0.870. The number of pyridine rings is 1. The fraction of sp³-hybridized carbons (Fsp3) is 0.333. The summed E-state index contributed by atoms with van der Waals surface area (Å²) in [4.78, 5) is 8.32. The molecule has 0 aliphatic heterocycles. The number of imidazole rings is 1. The van der Waals surface area contributed by atoms with Crippen LogP contribution in [0.2, 0.25) is 0 Å². The Balaban J connectivity index is 2.23. The lowest BCUT2D eigenvalue weighted by atomic mass is 10.1. The molecule has 2 rings (SSSR count). The zero-order valence-electron chi connectivity index (χ0n) is 9.89. The predicted octanol–water partition coefficient (Wildman–Crippen LogP) is 1.46. The zero-order valence-corrected chi connectivity index (χ0v) is 9.89. The summed E-state index contributed by atoms with van der Waals surface area (Å²) < 4.78 is 15.5. The van der Waals surface area contributed by atoms with Crippen molar-refractivity contribution in [3.8, 4) is 0 Å². The molecule has 0 aliphatic rings. The molecule has 0 aliphatic carbocycles. The van der Waals surface area contributed by atoms with Gasteiger partial charge in [0.05, 0.1) is 11.7 Å². The molecular weight excluding hydrogens is 219 g/mol. The number of aromatic nitrogens is 3.